The number of allylic oxidation sites excluding steroid dienone is 4. The molecule has 2 aromatic carbocycles. The number of halogens is 1. The fourth-order valence-corrected chi connectivity index (χ4v) is 6.06. The fraction of sp³-hybridized carbons (Fsp3) is 0.367. The predicted molar refractivity (Wildman–Crippen MR) is 146 cm³/mol. The van der Waals surface area contributed by atoms with Crippen molar-refractivity contribution in [2.45, 2.75) is 51.4 Å². The van der Waals surface area contributed by atoms with Crippen molar-refractivity contribution >= 4 is 34.8 Å². The molecular formula is C30H31ClN2O5. The van der Waals surface area contributed by atoms with Gasteiger partial charge in [-0.1, -0.05) is 23.7 Å². The van der Waals surface area contributed by atoms with Crippen molar-refractivity contribution in [1.29, 1.82) is 0 Å². The molecule has 1 amide bonds. The summed E-state index contributed by atoms with van der Waals surface area (Å²) in [5.41, 5.74) is 5.75. The normalized spacial score (nSPS) is 17.8. The van der Waals surface area contributed by atoms with Gasteiger partial charge in [0.15, 0.2) is 29.7 Å². The zero-order valence-corrected chi connectivity index (χ0v) is 22.6. The van der Waals surface area contributed by atoms with Crippen molar-refractivity contribution < 1.29 is 23.9 Å². The number of amides is 1. The van der Waals surface area contributed by atoms with Crippen LogP contribution in [-0.2, 0) is 14.4 Å². The maximum absolute atomic E-state index is 13.2. The summed E-state index contributed by atoms with van der Waals surface area (Å²) < 4.78 is 11.4. The summed E-state index contributed by atoms with van der Waals surface area (Å²) in [6.45, 7) is 1.68. The summed E-state index contributed by atoms with van der Waals surface area (Å²) >= 11 is 6.70. The lowest BCUT2D eigenvalue weighted by molar-refractivity contribution is -0.118. The number of hydrogen-bond acceptors (Lipinski definition) is 6. The Morgan fingerprint density at radius 3 is 2.29 bits per heavy atom. The fourth-order valence-electron chi connectivity index (χ4n) is 5.79. The molecule has 1 heterocycles. The van der Waals surface area contributed by atoms with Crippen LogP contribution in [0, 0.1) is 6.92 Å². The van der Waals surface area contributed by atoms with Gasteiger partial charge >= 0.3 is 0 Å². The minimum atomic E-state index is -0.498. The van der Waals surface area contributed by atoms with E-state index < -0.39 is 5.92 Å². The van der Waals surface area contributed by atoms with Crippen LogP contribution in [0.4, 0.5) is 5.69 Å². The van der Waals surface area contributed by atoms with Gasteiger partial charge < -0.3 is 19.7 Å². The van der Waals surface area contributed by atoms with Crippen molar-refractivity contribution in [3.05, 3.63) is 75.1 Å². The zero-order valence-electron chi connectivity index (χ0n) is 21.9. The quantitative estimate of drug-likeness (QED) is 0.510. The van der Waals surface area contributed by atoms with Crippen LogP contribution >= 0.6 is 11.6 Å². The molecule has 0 radical (unpaired) electrons. The van der Waals surface area contributed by atoms with Crippen LogP contribution in [0.1, 0.15) is 55.6 Å². The standard InChI is InChI=1S/C30H31ClN2O5/c1-17-7-4-8-19(13-17)32-26(36)16-38-30-20(31)14-18(15-25(30)37-3)27-28-21(9-5-11-23(28)34)33(2)22-10-6-12-24(35)29(22)27/h4,7-8,13-15,27H,5-6,9-12,16H2,1-3H3,(H,32,36). The lowest BCUT2D eigenvalue weighted by Gasteiger charge is -2.42. The Hall–Kier alpha value is -3.58. The van der Waals surface area contributed by atoms with Gasteiger partial charge in [0.2, 0.25) is 0 Å². The number of Topliss-reactive ketones (excluding diaryl/α,β-unsaturated/α-hetero) is 2. The Labute approximate surface area is 227 Å². The van der Waals surface area contributed by atoms with Gasteiger partial charge in [-0.05, 0) is 68.0 Å². The van der Waals surface area contributed by atoms with E-state index in [9.17, 15) is 14.4 Å². The summed E-state index contributed by atoms with van der Waals surface area (Å²) in [4.78, 5) is 41.1. The number of ether oxygens (including phenoxy) is 2. The van der Waals surface area contributed by atoms with Crippen LogP contribution in [0.2, 0.25) is 5.02 Å². The number of nitrogens with one attached hydrogen (secondary N) is 1. The Morgan fingerprint density at radius 1 is 1.03 bits per heavy atom. The number of methoxy groups -OCH3 is 1. The predicted octanol–water partition coefficient (Wildman–Crippen LogP) is 5.72. The lowest BCUT2D eigenvalue weighted by Crippen LogP contribution is -2.37. The molecule has 38 heavy (non-hydrogen) atoms. The molecule has 1 aliphatic heterocycles. The van der Waals surface area contributed by atoms with Crippen LogP contribution in [0.15, 0.2) is 58.9 Å². The van der Waals surface area contributed by atoms with Crippen molar-refractivity contribution in [2.75, 3.05) is 26.1 Å². The molecule has 0 bridgehead atoms. The van der Waals surface area contributed by atoms with E-state index in [1.165, 1.54) is 7.11 Å². The average molecular weight is 535 g/mol. The summed E-state index contributed by atoms with van der Waals surface area (Å²) in [6.07, 6.45) is 4.10. The van der Waals surface area contributed by atoms with Gasteiger partial charge in [-0.25, -0.2) is 0 Å². The first-order chi connectivity index (χ1) is 18.3. The highest BCUT2D eigenvalue weighted by Gasteiger charge is 2.42. The van der Waals surface area contributed by atoms with E-state index in [1.54, 1.807) is 18.2 Å². The number of hydrogen-bond donors (Lipinski definition) is 1. The maximum Gasteiger partial charge on any atom is 0.262 e. The topological polar surface area (TPSA) is 84.9 Å². The van der Waals surface area contributed by atoms with Gasteiger partial charge in [0.1, 0.15) is 0 Å². The minimum absolute atomic E-state index is 0.0660. The Balaban J connectivity index is 1.48. The van der Waals surface area contributed by atoms with E-state index in [2.05, 4.69) is 10.2 Å². The molecule has 0 unspecified atom stereocenters. The molecule has 0 aromatic heterocycles. The minimum Gasteiger partial charge on any atom is -0.493 e. The Morgan fingerprint density at radius 2 is 1.68 bits per heavy atom. The average Bonchev–Trinajstić information content (AvgIpc) is 2.89. The SMILES string of the molecule is COc1cc(C2C3=C(CCCC3=O)N(C)C3=C2C(=O)CCC3)cc(Cl)c1OCC(=O)Nc1cccc(C)c1. The lowest BCUT2D eigenvalue weighted by atomic mass is 9.71. The third-order valence-corrected chi connectivity index (χ3v) is 7.76. The van der Waals surface area contributed by atoms with Crippen LogP contribution < -0.4 is 14.8 Å². The second-order valence-electron chi connectivity index (χ2n) is 10.0. The van der Waals surface area contributed by atoms with Crippen molar-refractivity contribution in [3.8, 4) is 11.5 Å². The second kappa shape index (κ2) is 10.7. The molecule has 8 heteroatoms. The molecule has 0 saturated carbocycles. The molecule has 0 spiro atoms. The number of benzene rings is 2. The largest absolute Gasteiger partial charge is 0.493 e. The number of carbonyl (C=O) groups is 3. The number of nitrogens with zero attached hydrogens (tertiary/aromatic N) is 1. The third-order valence-electron chi connectivity index (χ3n) is 7.48. The molecule has 7 nitrogen and oxygen atoms in total. The summed E-state index contributed by atoms with van der Waals surface area (Å²) in [5.74, 6) is -0.128. The molecule has 0 fully saturated rings. The number of rotatable bonds is 6. The van der Waals surface area contributed by atoms with Gasteiger partial charge in [-0.15, -0.1) is 0 Å². The molecule has 0 atom stereocenters. The third kappa shape index (κ3) is 4.83. The first-order valence-corrected chi connectivity index (χ1v) is 13.3. The highest BCUT2D eigenvalue weighted by molar-refractivity contribution is 6.32. The van der Waals surface area contributed by atoms with E-state index in [4.69, 9.17) is 21.1 Å². The van der Waals surface area contributed by atoms with Crippen LogP contribution in [0.3, 0.4) is 0 Å². The zero-order chi connectivity index (χ0) is 27.0. The van der Waals surface area contributed by atoms with Crippen molar-refractivity contribution in [2.24, 2.45) is 0 Å². The second-order valence-corrected chi connectivity index (χ2v) is 10.4. The van der Waals surface area contributed by atoms with Gasteiger partial charge in [0.05, 0.1) is 12.1 Å². The molecule has 2 aromatic rings. The molecule has 3 aliphatic rings. The number of anilines is 1. The van der Waals surface area contributed by atoms with Gasteiger partial charge in [-0.3, -0.25) is 14.4 Å². The monoisotopic (exact) mass is 534 g/mol. The van der Waals surface area contributed by atoms with Crippen LogP contribution in [-0.4, -0.2) is 43.1 Å². The van der Waals surface area contributed by atoms with Crippen molar-refractivity contribution in [1.82, 2.24) is 4.90 Å². The molecule has 1 N–H and O–H groups in total. The highest BCUT2D eigenvalue weighted by Crippen LogP contribution is 2.50. The summed E-state index contributed by atoms with van der Waals surface area (Å²) in [6, 6.07) is 11.0. The van der Waals surface area contributed by atoms with Gasteiger partial charge in [-0.2, -0.15) is 0 Å². The van der Waals surface area contributed by atoms with E-state index in [1.807, 2.05) is 32.2 Å². The number of ketones is 2. The Kier molecular flexibility index (Phi) is 7.30. The van der Waals surface area contributed by atoms with Gasteiger partial charge in [0.25, 0.3) is 5.91 Å². The first-order valence-electron chi connectivity index (χ1n) is 12.9. The number of carbonyl (C=O) groups excluding carboxylic acids is 3. The van der Waals surface area contributed by atoms with Gasteiger partial charge in [0, 0.05) is 54.0 Å². The first kappa shape index (κ1) is 26.0. The molecule has 5 rings (SSSR count). The van der Waals surface area contributed by atoms with E-state index >= 15 is 0 Å². The molecular weight excluding hydrogens is 504 g/mol. The molecule has 198 valence electrons. The Bertz CT molecular complexity index is 1350. The maximum atomic E-state index is 13.2. The summed E-state index contributed by atoms with van der Waals surface area (Å²) in [7, 11) is 3.46. The number of aryl methyl sites for hydroxylation is 1. The summed E-state index contributed by atoms with van der Waals surface area (Å²) in [5, 5.41) is 3.06. The van der Waals surface area contributed by atoms with E-state index in [0.29, 0.717) is 41.0 Å². The van der Waals surface area contributed by atoms with E-state index in [-0.39, 0.29) is 34.9 Å². The van der Waals surface area contributed by atoms with Crippen LogP contribution in [0.25, 0.3) is 0 Å². The molecule has 0 saturated heterocycles. The smallest absolute Gasteiger partial charge is 0.262 e. The molecule has 2 aliphatic carbocycles. The van der Waals surface area contributed by atoms with E-state index in [0.717, 1.165) is 42.6 Å². The van der Waals surface area contributed by atoms with Crippen molar-refractivity contribution in [3.63, 3.8) is 0 Å². The highest BCUT2D eigenvalue weighted by atomic mass is 35.5. The van der Waals surface area contributed by atoms with Crippen LogP contribution in [0.5, 0.6) is 11.5 Å².